The van der Waals surface area contributed by atoms with Gasteiger partial charge in [-0.05, 0) is 32.6 Å². The molecule has 0 aromatic carbocycles. The van der Waals surface area contributed by atoms with E-state index in [1.54, 1.807) is 0 Å². The van der Waals surface area contributed by atoms with Crippen LogP contribution in [-0.2, 0) is 4.74 Å². The monoisotopic (exact) mass is 362 g/mol. The summed E-state index contributed by atoms with van der Waals surface area (Å²) in [7, 11) is 0. The molecule has 1 unspecified atom stereocenters. The molecule has 1 saturated carbocycles. The summed E-state index contributed by atoms with van der Waals surface area (Å²) in [4.78, 5) is 17.5. The fourth-order valence-electron chi connectivity index (χ4n) is 4.71. The number of aryl methyl sites for hydroxylation is 1. The van der Waals surface area contributed by atoms with Crippen LogP contribution in [0, 0.1) is 6.92 Å². The van der Waals surface area contributed by atoms with E-state index in [4.69, 9.17) is 9.26 Å². The number of nitrogens with one attached hydrogen (secondary N) is 1. The Labute approximate surface area is 155 Å². The van der Waals surface area contributed by atoms with Crippen LogP contribution in [-0.4, -0.2) is 65.9 Å². The minimum absolute atomic E-state index is 0.0121. The van der Waals surface area contributed by atoms with E-state index in [1.807, 2.05) is 17.9 Å². The van der Waals surface area contributed by atoms with Crippen molar-refractivity contribution < 1.29 is 14.1 Å². The third kappa shape index (κ3) is 3.74. The first kappa shape index (κ1) is 17.8. The molecule has 4 rings (SSSR count). The zero-order chi connectivity index (χ0) is 18.0. The van der Waals surface area contributed by atoms with E-state index in [0.717, 1.165) is 76.5 Å². The van der Waals surface area contributed by atoms with Crippen molar-refractivity contribution >= 4 is 6.03 Å². The van der Waals surface area contributed by atoms with Gasteiger partial charge in [0.1, 0.15) is 0 Å². The van der Waals surface area contributed by atoms with Crippen LogP contribution in [0.4, 0.5) is 4.79 Å². The van der Waals surface area contributed by atoms with Gasteiger partial charge in [0.25, 0.3) is 0 Å². The van der Waals surface area contributed by atoms with Gasteiger partial charge < -0.3 is 19.5 Å². The zero-order valence-electron chi connectivity index (χ0n) is 15.7. The van der Waals surface area contributed by atoms with Crippen molar-refractivity contribution in [2.75, 3.05) is 39.4 Å². The average molecular weight is 362 g/mol. The van der Waals surface area contributed by atoms with Gasteiger partial charge in [0.05, 0.1) is 30.5 Å². The number of urea groups is 1. The fraction of sp³-hybridized carbons (Fsp3) is 0.789. The number of hydrogen-bond donors (Lipinski definition) is 1. The Bertz CT molecular complexity index is 620. The van der Waals surface area contributed by atoms with Crippen LogP contribution in [0.3, 0.4) is 0 Å². The largest absolute Gasteiger partial charge is 0.379 e. The molecule has 2 amide bonds. The lowest BCUT2D eigenvalue weighted by Crippen LogP contribution is -2.58. The second-order valence-corrected chi connectivity index (χ2v) is 8.03. The molecule has 144 valence electrons. The van der Waals surface area contributed by atoms with Gasteiger partial charge in [-0.25, -0.2) is 4.79 Å². The van der Waals surface area contributed by atoms with Gasteiger partial charge in [-0.1, -0.05) is 18.0 Å². The molecule has 1 aromatic rings. The van der Waals surface area contributed by atoms with Gasteiger partial charge in [-0.2, -0.15) is 0 Å². The molecule has 3 heterocycles. The molecule has 7 nitrogen and oxygen atoms in total. The SMILES string of the molecule is Cc1cc(C2CCCN2C(=O)NC2(CN3CCOCC3)CCCC2)on1. The van der Waals surface area contributed by atoms with Gasteiger partial charge >= 0.3 is 6.03 Å². The topological polar surface area (TPSA) is 70.8 Å². The summed E-state index contributed by atoms with van der Waals surface area (Å²) in [6.07, 6.45) is 6.46. The highest BCUT2D eigenvalue weighted by molar-refractivity contribution is 5.76. The van der Waals surface area contributed by atoms with E-state index in [0.29, 0.717) is 0 Å². The van der Waals surface area contributed by atoms with E-state index < -0.39 is 0 Å². The molecular weight excluding hydrogens is 332 g/mol. The minimum atomic E-state index is -0.0983. The van der Waals surface area contributed by atoms with Crippen LogP contribution >= 0.6 is 0 Å². The Morgan fingerprint density at radius 2 is 2.04 bits per heavy atom. The molecule has 1 aliphatic carbocycles. The van der Waals surface area contributed by atoms with Gasteiger partial charge in [-0.15, -0.1) is 0 Å². The van der Waals surface area contributed by atoms with Crippen molar-refractivity contribution in [3.8, 4) is 0 Å². The fourth-order valence-corrected chi connectivity index (χ4v) is 4.71. The minimum Gasteiger partial charge on any atom is -0.379 e. The highest BCUT2D eigenvalue weighted by Gasteiger charge is 2.40. The third-order valence-corrected chi connectivity index (χ3v) is 6.05. The van der Waals surface area contributed by atoms with Crippen LogP contribution in [0.1, 0.15) is 56.0 Å². The lowest BCUT2D eigenvalue weighted by molar-refractivity contribution is 0.0244. The molecule has 2 aliphatic heterocycles. The van der Waals surface area contributed by atoms with E-state index in [1.165, 1.54) is 12.8 Å². The highest BCUT2D eigenvalue weighted by Crippen LogP contribution is 2.35. The third-order valence-electron chi connectivity index (χ3n) is 6.05. The van der Waals surface area contributed by atoms with Crippen molar-refractivity contribution in [3.05, 3.63) is 17.5 Å². The summed E-state index contributed by atoms with van der Waals surface area (Å²) < 4.78 is 10.9. The Balaban J connectivity index is 1.44. The van der Waals surface area contributed by atoms with Crippen molar-refractivity contribution in [2.24, 2.45) is 0 Å². The molecule has 1 atom stereocenters. The van der Waals surface area contributed by atoms with Crippen molar-refractivity contribution in [1.82, 2.24) is 20.3 Å². The van der Waals surface area contributed by atoms with Gasteiger partial charge in [-0.3, -0.25) is 4.90 Å². The quantitative estimate of drug-likeness (QED) is 0.891. The molecule has 0 spiro atoms. The summed E-state index contributed by atoms with van der Waals surface area (Å²) in [5, 5.41) is 7.43. The number of nitrogens with zero attached hydrogens (tertiary/aromatic N) is 3. The summed E-state index contributed by atoms with van der Waals surface area (Å²) in [5.74, 6) is 0.809. The maximum absolute atomic E-state index is 13.1. The molecule has 3 aliphatic rings. The number of morpholine rings is 1. The van der Waals surface area contributed by atoms with Crippen LogP contribution in [0.2, 0.25) is 0 Å². The summed E-state index contributed by atoms with van der Waals surface area (Å²) in [6.45, 7) is 7.14. The zero-order valence-corrected chi connectivity index (χ0v) is 15.7. The van der Waals surface area contributed by atoms with Gasteiger partial charge in [0.15, 0.2) is 5.76 Å². The number of carbonyl (C=O) groups is 1. The van der Waals surface area contributed by atoms with Crippen LogP contribution in [0.15, 0.2) is 10.6 Å². The van der Waals surface area contributed by atoms with E-state index >= 15 is 0 Å². The molecule has 1 aromatic heterocycles. The second kappa shape index (κ2) is 7.56. The first-order valence-electron chi connectivity index (χ1n) is 9.97. The lowest BCUT2D eigenvalue weighted by Gasteiger charge is -2.39. The molecule has 0 radical (unpaired) electrons. The lowest BCUT2D eigenvalue weighted by atomic mass is 9.96. The van der Waals surface area contributed by atoms with E-state index in [2.05, 4.69) is 15.4 Å². The molecule has 2 saturated heterocycles. The molecular formula is C19H30N4O3. The Hall–Kier alpha value is -1.60. The first-order chi connectivity index (χ1) is 12.7. The first-order valence-corrected chi connectivity index (χ1v) is 9.97. The maximum Gasteiger partial charge on any atom is 0.318 e. The Morgan fingerprint density at radius 3 is 2.73 bits per heavy atom. The average Bonchev–Trinajstić information content (AvgIpc) is 3.36. The Morgan fingerprint density at radius 1 is 1.27 bits per heavy atom. The molecule has 26 heavy (non-hydrogen) atoms. The smallest absolute Gasteiger partial charge is 0.318 e. The normalized spacial score (nSPS) is 26.3. The molecule has 0 bridgehead atoms. The number of rotatable bonds is 4. The van der Waals surface area contributed by atoms with E-state index in [9.17, 15) is 4.79 Å². The van der Waals surface area contributed by atoms with Gasteiger partial charge in [0.2, 0.25) is 0 Å². The van der Waals surface area contributed by atoms with Gasteiger partial charge in [0, 0.05) is 32.2 Å². The summed E-state index contributed by atoms with van der Waals surface area (Å²) >= 11 is 0. The number of aromatic nitrogens is 1. The predicted molar refractivity (Wildman–Crippen MR) is 96.9 cm³/mol. The molecule has 3 fully saturated rings. The van der Waals surface area contributed by atoms with E-state index in [-0.39, 0.29) is 17.6 Å². The number of hydrogen-bond acceptors (Lipinski definition) is 5. The summed E-state index contributed by atoms with van der Waals surface area (Å²) in [6, 6.07) is 2.02. The van der Waals surface area contributed by atoms with Crippen LogP contribution in [0.25, 0.3) is 0 Å². The molecule has 7 heteroatoms. The maximum atomic E-state index is 13.1. The van der Waals surface area contributed by atoms with Crippen molar-refractivity contribution in [2.45, 2.75) is 57.0 Å². The standard InChI is InChI=1S/C19H30N4O3/c1-15-13-17(26-21-15)16-5-4-8-23(16)18(24)20-19(6-2-3-7-19)14-22-9-11-25-12-10-22/h13,16H,2-12,14H2,1H3,(H,20,24). The molecule has 1 N–H and O–H groups in total. The van der Waals surface area contributed by atoms with Crippen molar-refractivity contribution in [3.63, 3.8) is 0 Å². The van der Waals surface area contributed by atoms with Crippen LogP contribution in [0.5, 0.6) is 0 Å². The summed E-state index contributed by atoms with van der Waals surface area (Å²) in [5.41, 5.74) is 0.769. The number of amides is 2. The predicted octanol–water partition coefficient (Wildman–Crippen LogP) is 2.47. The Kier molecular flexibility index (Phi) is 5.18. The van der Waals surface area contributed by atoms with Crippen LogP contribution < -0.4 is 5.32 Å². The second-order valence-electron chi connectivity index (χ2n) is 8.03. The number of likely N-dealkylation sites (tertiary alicyclic amines) is 1. The number of carbonyl (C=O) groups excluding carboxylic acids is 1. The highest BCUT2D eigenvalue weighted by atomic mass is 16.5. The van der Waals surface area contributed by atoms with Crippen molar-refractivity contribution in [1.29, 1.82) is 0 Å². The number of ether oxygens (including phenoxy) is 1.